The Bertz CT molecular complexity index is 482. The SMILES string of the molecule is C#CCCCNC(=O)c1sc(NC(C)(C)C)nc1N. The number of terminal acetylenes is 1. The first-order valence-corrected chi connectivity index (χ1v) is 6.91. The third kappa shape index (κ3) is 5.18. The van der Waals surface area contributed by atoms with Gasteiger partial charge in [-0.1, -0.05) is 11.3 Å². The van der Waals surface area contributed by atoms with Crippen LogP contribution >= 0.6 is 11.3 Å². The first-order valence-electron chi connectivity index (χ1n) is 6.09. The Morgan fingerprint density at radius 3 is 2.79 bits per heavy atom. The van der Waals surface area contributed by atoms with E-state index in [2.05, 4.69) is 21.5 Å². The van der Waals surface area contributed by atoms with Gasteiger partial charge in [0.15, 0.2) is 5.13 Å². The number of rotatable bonds is 5. The molecule has 1 heterocycles. The summed E-state index contributed by atoms with van der Waals surface area (Å²) >= 11 is 1.26. The molecule has 0 saturated carbocycles. The lowest BCUT2D eigenvalue weighted by Gasteiger charge is -2.19. The Balaban J connectivity index is 2.63. The lowest BCUT2D eigenvalue weighted by Crippen LogP contribution is -2.25. The van der Waals surface area contributed by atoms with Crippen LogP contribution in [0, 0.1) is 12.3 Å². The van der Waals surface area contributed by atoms with Crippen LogP contribution in [-0.2, 0) is 0 Å². The third-order valence-corrected chi connectivity index (χ3v) is 3.11. The van der Waals surface area contributed by atoms with Gasteiger partial charge in [0.05, 0.1) is 0 Å². The van der Waals surface area contributed by atoms with Crippen molar-refractivity contribution in [2.45, 2.75) is 39.2 Å². The molecule has 1 rings (SSSR count). The fourth-order valence-corrected chi connectivity index (χ4v) is 2.35. The first kappa shape index (κ1) is 15.3. The van der Waals surface area contributed by atoms with E-state index in [1.54, 1.807) is 0 Å². The Labute approximate surface area is 118 Å². The molecule has 5 nitrogen and oxygen atoms in total. The minimum atomic E-state index is -0.200. The van der Waals surface area contributed by atoms with E-state index in [1.807, 2.05) is 20.8 Å². The Morgan fingerprint density at radius 2 is 2.21 bits per heavy atom. The summed E-state index contributed by atoms with van der Waals surface area (Å²) in [4.78, 5) is 16.5. The molecule has 19 heavy (non-hydrogen) atoms. The summed E-state index contributed by atoms with van der Waals surface area (Å²) in [6, 6.07) is 0. The van der Waals surface area contributed by atoms with E-state index in [1.165, 1.54) is 11.3 Å². The van der Waals surface area contributed by atoms with Crippen LogP contribution in [0.25, 0.3) is 0 Å². The summed E-state index contributed by atoms with van der Waals surface area (Å²) in [6.45, 7) is 6.60. The molecule has 0 unspecified atom stereocenters. The van der Waals surface area contributed by atoms with Crippen molar-refractivity contribution in [1.82, 2.24) is 10.3 Å². The van der Waals surface area contributed by atoms with Gasteiger partial charge >= 0.3 is 0 Å². The molecule has 0 aromatic carbocycles. The second-order valence-corrected chi connectivity index (χ2v) is 6.17. The van der Waals surface area contributed by atoms with Crippen LogP contribution in [0.4, 0.5) is 10.9 Å². The zero-order valence-electron chi connectivity index (χ0n) is 11.5. The highest BCUT2D eigenvalue weighted by Gasteiger charge is 2.18. The number of amides is 1. The van der Waals surface area contributed by atoms with Gasteiger partial charge in [-0.15, -0.1) is 12.3 Å². The summed E-state index contributed by atoms with van der Waals surface area (Å²) in [5.74, 6) is 2.58. The number of nitrogens with one attached hydrogen (secondary N) is 2. The van der Waals surface area contributed by atoms with Gasteiger partial charge in [0.1, 0.15) is 10.7 Å². The standard InChI is InChI=1S/C13H20N4OS/c1-5-6-7-8-15-11(18)9-10(14)16-12(19-9)17-13(2,3)4/h1H,6-8,14H2,2-4H3,(H,15,18)(H,16,17). The van der Waals surface area contributed by atoms with Crippen LogP contribution < -0.4 is 16.4 Å². The molecular formula is C13H20N4OS. The third-order valence-electron chi connectivity index (χ3n) is 2.12. The molecule has 0 atom stereocenters. The van der Waals surface area contributed by atoms with E-state index in [0.29, 0.717) is 23.0 Å². The quantitative estimate of drug-likeness (QED) is 0.570. The predicted molar refractivity (Wildman–Crippen MR) is 80.3 cm³/mol. The molecule has 0 aliphatic carbocycles. The van der Waals surface area contributed by atoms with E-state index in [-0.39, 0.29) is 17.3 Å². The van der Waals surface area contributed by atoms with Crippen molar-refractivity contribution in [2.24, 2.45) is 0 Å². The number of carbonyl (C=O) groups is 1. The number of unbranched alkanes of at least 4 members (excludes halogenated alkanes) is 1. The van der Waals surface area contributed by atoms with Crippen molar-refractivity contribution in [1.29, 1.82) is 0 Å². The second-order valence-electron chi connectivity index (χ2n) is 5.17. The summed E-state index contributed by atoms with van der Waals surface area (Å²) < 4.78 is 0. The topological polar surface area (TPSA) is 80.0 Å². The van der Waals surface area contributed by atoms with Gasteiger partial charge in [0, 0.05) is 18.5 Å². The average molecular weight is 280 g/mol. The second kappa shape index (κ2) is 6.43. The van der Waals surface area contributed by atoms with Gasteiger partial charge in [-0.3, -0.25) is 4.79 Å². The van der Waals surface area contributed by atoms with Crippen molar-refractivity contribution < 1.29 is 4.79 Å². The molecule has 1 aromatic rings. The number of thiazole rings is 1. The smallest absolute Gasteiger partial charge is 0.265 e. The molecule has 0 radical (unpaired) electrons. The summed E-state index contributed by atoms with van der Waals surface area (Å²) in [7, 11) is 0. The van der Waals surface area contributed by atoms with Gasteiger partial charge in [-0.05, 0) is 27.2 Å². The zero-order valence-corrected chi connectivity index (χ0v) is 12.4. The highest BCUT2D eigenvalue weighted by atomic mass is 32.1. The number of hydrogen-bond acceptors (Lipinski definition) is 5. The summed E-state index contributed by atoms with van der Waals surface area (Å²) in [5, 5.41) is 6.63. The van der Waals surface area contributed by atoms with Crippen LogP contribution in [0.1, 0.15) is 43.3 Å². The number of nitrogens with two attached hydrogens (primary N) is 1. The predicted octanol–water partition coefficient (Wildman–Crippen LogP) is 2.08. The molecule has 1 amide bonds. The highest BCUT2D eigenvalue weighted by molar-refractivity contribution is 7.18. The summed E-state index contributed by atoms with van der Waals surface area (Å²) in [6.07, 6.45) is 6.55. The molecule has 0 saturated heterocycles. The number of anilines is 2. The molecular weight excluding hydrogens is 260 g/mol. The van der Waals surface area contributed by atoms with Crippen LogP contribution in [0.15, 0.2) is 0 Å². The van der Waals surface area contributed by atoms with Gasteiger partial charge in [-0.2, -0.15) is 0 Å². The van der Waals surface area contributed by atoms with E-state index >= 15 is 0 Å². The van der Waals surface area contributed by atoms with Gasteiger partial charge in [0.2, 0.25) is 0 Å². The van der Waals surface area contributed by atoms with Gasteiger partial charge in [-0.25, -0.2) is 4.98 Å². The average Bonchev–Trinajstić information content (AvgIpc) is 2.63. The Morgan fingerprint density at radius 1 is 1.53 bits per heavy atom. The lowest BCUT2D eigenvalue weighted by molar-refractivity contribution is 0.0958. The number of nitrogen functional groups attached to an aromatic ring is 1. The van der Waals surface area contributed by atoms with Crippen molar-refractivity contribution in [3.8, 4) is 12.3 Å². The number of nitrogens with zero attached hydrogens (tertiary/aromatic N) is 1. The molecule has 104 valence electrons. The molecule has 0 aliphatic rings. The molecule has 0 bridgehead atoms. The molecule has 6 heteroatoms. The maximum atomic E-state index is 11.9. The number of aromatic nitrogens is 1. The van der Waals surface area contributed by atoms with Crippen molar-refractivity contribution in [3.63, 3.8) is 0 Å². The summed E-state index contributed by atoms with van der Waals surface area (Å²) in [5.41, 5.74) is 5.64. The molecule has 0 aliphatic heterocycles. The van der Waals surface area contributed by atoms with E-state index < -0.39 is 0 Å². The maximum Gasteiger partial charge on any atom is 0.265 e. The Kier molecular flexibility index (Phi) is 5.19. The molecule has 0 fully saturated rings. The van der Waals surface area contributed by atoms with Crippen LogP contribution in [0.3, 0.4) is 0 Å². The van der Waals surface area contributed by atoms with Crippen molar-refractivity contribution in [3.05, 3.63) is 4.88 Å². The van der Waals surface area contributed by atoms with Crippen molar-refractivity contribution in [2.75, 3.05) is 17.6 Å². The van der Waals surface area contributed by atoms with Gasteiger partial charge < -0.3 is 16.4 Å². The van der Waals surface area contributed by atoms with Crippen LogP contribution in [0.5, 0.6) is 0 Å². The lowest BCUT2D eigenvalue weighted by atomic mass is 10.1. The monoisotopic (exact) mass is 280 g/mol. The fraction of sp³-hybridized carbons (Fsp3) is 0.538. The number of carbonyl (C=O) groups excluding carboxylic acids is 1. The minimum absolute atomic E-state index is 0.120. The molecule has 4 N–H and O–H groups in total. The normalized spacial score (nSPS) is 10.8. The van der Waals surface area contributed by atoms with Crippen LogP contribution in [-0.4, -0.2) is 23.0 Å². The highest BCUT2D eigenvalue weighted by Crippen LogP contribution is 2.26. The maximum absolute atomic E-state index is 11.9. The molecule has 1 aromatic heterocycles. The fourth-order valence-electron chi connectivity index (χ4n) is 1.34. The number of hydrogen-bond donors (Lipinski definition) is 3. The molecule has 0 spiro atoms. The van der Waals surface area contributed by atoms with E-state index in [4.69, 9.17) is 12.2 Å². The largest absolute Gasteiger partial charge is 0.382 e. The van der Waals surface area contributed by atoms with E-state index in [0.717, 1.165) is 6.42 Å². The van der Waals surface area contributed by atoms with Crippen molar-refractivity contribution >= 4 is 28.2 Å². The minimum Gasteiger partial charge on any atom is -0.382 e. The first-order chi connectivity index (χ1) is 8.83. The Hall–Kier alpha value is -1.74. The van der Waals surface area contributed by atoms with Gasteiger partial charge in [0.25, 0.3) is 5.91 Å². The van der Waals surface area contributed by atoms with E-state index in [9.17, 15) is 4.79 Å². The van der Waals surface area contributed by atoms with Crippen LogP contribution in [0.2, 0.25) is 0 Å². The zero-order chi connectivity index (χ0) is 14.5.